The Morgan fingerprint density at radius 3 is 2.60 bits per heavy atom. The molecule has 1 fully saturated rings. The standard InChI is InChI=1S/C16H25NO3/c1-11-9-14(20-15(11)16(18)19)10-17-12(2)13-7-5-3-4-6-8-13/h9,12-13,17H,3-8,10H2,1-2H3,(H,18,19)/t12-/m1/s1. The number of hydrogen-bond donors (Lipinski definition) is 2. The highest BCUT2D eigenvalue weighted by molar-refractivity contribution is 5.86. The summed E-state index contributed by atoms with van der Waals surface area (Å²) < 4.78 is 5.38. The van der Waals surface area contributed by atoms with Crippen LogP contribution in [-0.2, 0) is 6.54 Å². The summed E-state index contributed by atoms with van der Waals surface area (Å²) in [6.07, 6.45) is 7.99. The van der Waals surface area contributed by atoms with Gasteiger partial charge in [0.1, 0.15) is 5.76 Å². The number of nitrogens with one attached hydrogen (secondary N) is 1. The van der Waals surface area contributed by atoms with Crippen molar-refractivity contribution in [2.24, 2.45) is 5.92 Å². The van der Waals surface area contributed by atoms with E-state index in [2.05, 4.69) is 12.2 Å². The lowest BCUT2D eigenvalue weighted by Crippen LogP contribution is -2.32. The Morgan fingerprint density at radius 2 is 2.05 bits per heavy atom. The molecule has 0 aliphatic heterocycles. The highest BCUT2D eigenvalue weighted by atomic mass is 16.4. The predicted molar refractivity (Wildman–Crippen MR) is 77.9 cm³/mol. The quantitative estimate of drug-likeness (QED) is 0.806. The van der Waals surface area contributed by atoms with Crippen molar-refractivity contribution in [2.75, 3.05) is 0 Å². The van der Waals surface area contributed by atoms with Gasteiger partial charge in [0.05, 0.1) is 6.54 Å². The van der Waals surface area contributed by atoms with Gasteiger partial charge in [0.2, 0.25) is 5.76 Å². The van der Waals surface area contributed by atoms with Gasteiger partial charge in [-0.2, -0.15) is 0 Å². The number of rotatable bonds is 5. The summed E-state index contributed by atoms with van der Waals surface area (Å²) in [6, 6.07) is 2.27. The fraction of sp³-hybridized carbons (Fsp3) is 0.688. The van der Waals surface area contributed by atoms with Crippen LogP contribution in [0.15, 0.2) is 10.5 Å². The summed E-state index contributed by atoms with van der Waals surface area (Å²) in [5, 5.41) is 12.5. The molecule has 20 heavy (non-hydrogen) atoms. The highest BCUT2D eigenvalue weighted by Crippen LogP contribution is 2.25. The Hall–Kier alpha value is -1.29. The van der Waals surface area contributed by atoms with Gasteiger partial charge in [0.15, 0.2) is 0 Å². The minimum atomic E-state index is -0.995. The van der Waals surface area contributed by atoms with Gasteiger partial charge in [-0.3, -0.25) is 0 Å². The molecule has 2 N–H and O–H groups in total. The maximum absolute atomic E-state index is 10.9. The van der Waals surface area contributed by atoms with Gasteiger partial charge in [-0.15, -0.1) is 0 Å². The Balaban J connectivity index is 1.87. The van der Waals surface area contributed by atoms with Crippen LogP contribution in [0.4, 0.5) is 0 Å². The molecule has 0 saturated heterocycles. The molecule has 0 bridgehead atoms. The third-order valence-electron chi connectivity index (χ3n) is 4.37. The summed E-state index contributed by atoms with van der Waals surface area (Å²) in [5.74, 6) is 0.502. The van der Waals surface area contributed by atoms with Crippen molar-refractivity contribution in [1.29, 1.82) is 0 Å². The van der Waals surface area contributed by atoms with E-state index in [9.17, 15) is 4.79 Å². The highest BCUT2D eigenvalue weighted by Gasteiger charge is 2.20. The largest absolute Gasteiger partial charge is 0.475 e. The van der Waals surface area contributed by atoms with Crippen molar-refractivity contribution in [1.82, 2.24) is 5.32 Å². The normalized spacial score (nSPS) is 18.7. The van der Waals surface area contributed by atoms with Crippen molar-refractivity contribution in [3.63, 3.8) is 0 Å². The van der Waals surface area contributed by atoms with E-state index in [-0.39, 0.29) is 5.76 Å². The second-order valence-corrected chi connectivity index (χ2v) is 5.95. The smallest absolute Gasteiger partial charge is 0.372 e. The summed E-state index contributed by atoms with van der Waals surface area (Å²) in [7, 11) is 0. The lowest BCUT2D eigenvalue weighted by Gasteiger charge is -2.23. The molecule has 1 saturated carbocycles. The molecule has 1 aliphatic carbocycles. The molecule has 1 aromatic rings. The second-order valence-electron chi connectivity index (χ2n) is 5.95. The Labute approximate surface area is 120 Å². The van der Waals surface area contributed by atoms with E-state index >= 15 is 0 Å². The molecule has 112 valence electrons. The number of carboxylic acids is 1. The van der Waals surface area contributed by atoms with Crippen LogP contribution >= 0.6 is 0 Å². The van der Waals surface area contributed by atoms with Crippen LogP contribution in [0.5, 0.6) is 0 Å². The lowest BCUT2D eigenvalue weighted by atomic mass is 9.93. The molecule has 1 heterocycles. The molecule has 2 rings (SSSR count). The first-order chi connectivity index (χ1) is 9.58. The van der Waals surface area contributed by atoms with Gasteiger partial charge < -0.3 is 14.8 Å². The molecule has 4 nitrogen and oxygen atoms in total. The predicted octanol–water partition coefficient (Wildman–Crippen LogP) is 3.73. The fourth-order valence-electron chi connectivity index (χ4n) is 3.09. The van der Waals surface area contributed by atoms with Crippen LogP contribution in [0.3, 0.4) is 0 Å². The van der Waals surface area contributed by atoms with Crippen molar-refractivity contribution in [3.8, 4) is 0 Å². The van der Waals surface area contributed by atoms with Crippen LogP contribution < -0.4 is 5.32 Å². The summed E-state index contributed by atoms with van der Waals surface area (Å²) in [6.45, 7) is 4.60. The maximum atomic E-state index is 10.9. The molecule has 0 amide bonds. The molecule has 0 radical (unpaired) electrons. The van der Waals surface area contributed by atoms with Gasteiger partial charge in [-0.1, -0.05) is 25.7 Å². The minimum absolute atomic E-state index is 0.0592. The second kappa shape index (κ2) is 6.93. The molecule has 1 atom stereocenters. The van der Waals surface area contributed by atoms with Gasteiger partial charge in [0, 0.05) is 11.6 Å². The van der Waals surface area contributed by atoms with Crippen molar-refractivity contribution >= 4 is 5.97 Å². The average molecular weight is 279 g/mol. The average Bonchev–Trinajstić information content (AvgIpc) is 2.64. The van der Waals surface area contributed by atoms with Crippen LogP contribution in [0.25, 0.3) is 0 Å². The monoisotopic (exact) mass is 279 g/mol. The zero-order chi connectivity index (χ0) is 14.5. The van der Waals surface area contributed by atoms with Gasteiger partial charge >= 0.3 is 5.97 Å². The van der Waals surface area contributed by atoms with Crippen LogP contribution in [-0.4, -0.2) is 17.1 Å². The van der Waals surface area contributed by atoms with Gasteiger partial charge in [-0.05, 0) is 38.7 Å². The van der Waals surface area contributed by atoms with Gasteiger partial charge in [0.25, 0.3) is 0 Å². The molecule has 0 aromatic carbocycles. The molecular weight excluding hydrogens is 254 g/mol. The van der Waals surface area contributed by atoms with Crippen molar-refractivity contribution in [3.05, 3.63) is 23.2 Å². The number of carbonyl (C=O) groups is 1. The zero-order valence-corrected chi connectivity index (χ0v) is 12.4. The van der Waals surface area contributed by atoms with E-state index in [1.807, 2.05) is 6.07 Å². The first kappa shape index (κ1) is 15.1. The Kier molecular flexibility index (Phi) is 5.24. The van der Waals surface area contributed by atoms with Crippen molar-refractivity contribution in [2.45, 2.75) is 65.0 Å². The van der Waals surface area contributed by atoms with Crippen LogP contribution in [0.1, 0.15) is 67.3 Å². The summed E-state index contributed by atoms with van der Waals surface area (Å²) in [4.78, 5) is 10.9. The minimum Gasteiger partial charge on any atom is -0.475 e. The number of aryl methyl sites for hydroxylation is 1. The maximum Gasteiger partial charge on any atom is 0.372 e. The zero-order valence-electron chi connectivity index (χ0n) is 12.4. The molecule has 0 spiro atoms. The summed E-state index contributed by atoms with van der Waals surface area (Å²) in [5.41, 5.74) is 0.691. The van der Waals surface area contributed by atoms with E-state index in [1.54, 1.807) is 6.92 Å². The molecule has 0 unspecified atom stereocenters. The van der Waals surface area contributed by atoms with E-state index in [0.717, 1.165) is 5.92 Å². The molecule has 1 aliphatic rings. The van der Waals surface area contributed by atoms with E-state index in [1.165, 1.54) is 38.5 Å². The Morgan fingerprint density at radius 1 is 1.40 bits per heavy atom. The fourth-order valence-corrected chi connectivity index (χ4v) is 3.09. The summed E-state index contributed by atoms with van der Waals surface area (Å²) >= 11 is 0. The third kappa shape index (κ3) is 3.85. The number of hydrogen-bond acceptors (Lipinski definition) is 3. The first-order valence-corrected chi connectivity index (χ1v) is 7.64. The lowest BCUT2D eigenvalue weighted by molar-refractivity contribution is 0.0659. The van der Waals surface area contributed by atoms with E-state index in [0.29, 0.717) is 23.9 Å². The molecule has 1 aromatic heterocycles. The molecule has 4 heteroatoms. The number of carboxylic acid groups (broad SMARTS) is 1. The third-order valence-corrected chi connectivity index (χ3v) is 4.37. The van der Waals surface area contributed by atoms with Gasteiger partial charge in [-0.25, -0.2) is 4.79 Å². The van der Waals surface area contributed by atoms with Crippen LogP contribution in [0.2, 0.25) is 0 Å². The van der Waals surface area contributed by atoms with E-state index < -0.39 is 5.97 Å². The van der Waals surface area contributed by atoms with E-state index in [4.69, 9.17) is 9.52 Å². The number of aromatic carboxylic acids is 1. The SMILES string of the molecule is Cc1cc(CN[C@H](C)C2CCCCCC2)oc1C(=O)O. The van der Waals surface area contributed by atoms with Crippen LogP contribution in [0, 0.1) is 12.8 Å². The first-order valence-electron chi connectivity index (χ1n) is 7.64. The molecular formula is C16H25NO3. The topological polar surface area (TPSA) is 62.5 Å². The van der Waals surface area contributed by atoms with Crippen molar-refractivity contribution < 1.29 is 14.3 Å². The Bertz CT molecular complexity index is 445. The number of furan rings is 1.